The highest BCUT2D eigenvalue weighted by molar-refractivity contribution is 6.35. The van der Waals surface area contributed by atoms with E-state index < -0.39 is 11.9 Å². The number of alkyl halides is 1. The minimum absolute atomic E-state index is 0.370. The maximum atomic E-state index is 14.8. The number of nitrogens with zero attached hydrogens (tertiary/aromatic N) is 3. The average molecular weight is 382 g/mol. The molecule has 130 valence electrons. The summed E-state index contributed by atoms with van der Waals surface area (Å²) in [6.07, 6.45) is 0.989. The van der Waals surface area contributed by atoms with Crippen molar-refractivity contribution in [3.8, 4) is 11.5 Å². The molecule has 0 spiro atoms. The fraction of sp³-hybridized carbons (Fsp3) is 0.176. The summed E-state index contributed by atoms with van der Waals surface area (Å²) in [6.45, 7) is 1.23. The zero-order chi connectivity index (χ0) is 18.0. The van der Waals surface area contributed by atoms with Crippen LogP contribution in [0.4, 0.5) is 4.39 Å². The van der Waals surface area contributed by atoms with E-state index in [1.165, 1.54) is 19.6 Å². The molecule has 0 aliphatic heterocycles. The van der Waals surface area contributed by atoms with Gasteiger partial charge in [-0.25, -0.2) is 14.1 Å². The van der Waals surface area contributed by atoms with Crippen LogP contribution in [0.5, 0.6) is 11.5 Å². The predicted octanol–water partition coefficient (Wildman–Crippen LogP) is 4.75. The molecule has 2 atom stereocenters. The maximum Gasteiger partial charge on any atom is 0.230 e. The topological polar surface area (TPSA) is 60.2 Å². The van der Waals surface area contributed by atoms with E-state index in [2.05, 4.69) is 10.1 Å². The van der Waals surface area contributed by atoms with E-state index >= 15 is 0 Å². The van der Waals surface area contributed by atoms with Gasteiger partial charge in [0.2, 0.25) is 5.79 Å². The van der Waals surface area contributed by atoms with Crippen LogP contribution in [0.1, 0.15) is 18.6 Å². The van der Waals surface area contributed by atoms with Crippen LogP contribution in [0.2, 0.25) is 10.0 Å². The highest BCUT2D eigenvalue weighted by Crippen LogP contribution is 2.35. The van der Waals surface area contributed by atoms with E-state index in [4.69, 9.17) is 27.9 Å². The van der Waals surface area contributed by atoms with Gasteiger partial charge in [-0.05, 0) is 42.8 Å². The number of ether oxygens (including phenoxy) is 1. The van der Waals surface area contributed by atoms with Gasteiger partial charge in [0, 0.05) is 5.02 Å². The van der Waals surface area contributed by atoms with Crippen LogP contribution in [0.3, 0.4) is 0 Å². The SMILES string of the molecule is CC(F)(C(O)c1ccc(Oc2ccc(Cl)cc2Cl)cc1)n1cncn1. The molecule has 0 radical (unpaired) electrons. The first-order valence-corrected chi connectivity index (χ1v) is 8.08. The molecule has 1 aromatic heterocycles. The molecule has 3 aromatic rings. The lowest BCUT2D eigenvalue weighted by molar-refractivity contribution is -0.0652. The summed E-state index contributed by atoms with van der Waals surface area (Å²) >= 11 is 11.9. The van der Waals surface area contributed by atoms with Crippen molar-refractivity contribution in [3.05, 3.63) is 70.7 Å². The van der Waals surface area contributed by atoms with Crippen molar-refractivity contribution >= 4 is 23.2 Å². The quantitative estimate of drug-likeness (QED) is 0.692. The first-order valence-electron chi connectivity index (χ1n) is 7.33. The number of hydrogen-bond donors (Lipinski definition) is 1. The Morgan fingerprint density at radius 3 is 2.52 bits per heavy atom. The third kappa shape index (κ3) is 3.76. The molecule has 8 heteroatoms. The molecule has 3 rings (SSSR count). The number of hydrogen-bond acceptors (Lipinski definition) is 4. The largest absolute Gasteiger partial charge is 0.456 e. The van der Waals surface area contributed by atoms with Crippen molar-refractivity contribution in [2.45, 2.75) is 18.8 Å². The van der Waals surface area contributed by atoms with Crippen LogP contribution < -0.4 is 4.74 Å². The molecule has 0 amide bonds. The van der Waals surface area contributed by atoms with Gasteiger partial charge in [0.1, 0.15) is 30.3 Å². The molecule has 0 fully saturated rings. The molecule has 25 heavy (non-hydrogen) atoms. The molecule has 1 heterocycles. The Labute approximate surface area is 153 Å². The highest BCUT2D eigenvalue weighted by atomic mass is 35.5. The summed E-state index contributed by atoms with van der Waals surface area (Å²) in [5.41, 5.74) is 0.370. The second-order valence-electron chi connectivity index (χ2n) is 5.51. The Kier molecular flexibility index (Phi) is 4.94. The smallest absolute Gasteiger partial charge is 0.230 e. The van der Waals surface area contributed by atoms with Crippen molar-refractivity contribution < 1.29 is 14.2 Å². The minimum atomic E-state index is -2.14. The Bertz CT molecular complexity index is 855. The monoisotopic (exact) mass is 381 g/mol. The van der Waals surface area contributed by atoms with E-state index in [0.29, 0.717) is 27.1 Å². The number of aliphatic hydroxyl groups is 1. The molecular formula is C17H14Cl2FN3O2. The molecule has 1 N–H and O–H groups in total. The molecular weight excluding hydrogens is 368 g/mol. The van der Waals surface area contributed by atoms with E-state index in [1.54, 1.807) is 42.5 Å². The lowest BCUT2D eigenvalue weighted by atomic mass is 10.0. The van der Waals surface area contributed by atoms with Crippen molar-refractivity contribution in [2.75, 3.05) is 0 Å². The molecule has 0 bridgehead atoms. The lowest BCUT2D eigenvalue weighted by Crippen LogP contribution is -2.32. The van der Waals surface area contributed by atoms with Crippen LogP contribution in [-0.4, -0.2) is 19.9 Å². The molecule has 0 aliphatic rings. The fourth-order valence-corrected chi connectivity index (χ4v) is 2.71. The summed E-state index contributed by atoms with van der Waals surface area (Å²) in [5.74, 6) is -1.21. The van der Waals surface area contributed by atoms with Gasteiger partial charge in [-0.15, -0.1) is 0 Å². The van der Waals surface area contributed by atoms with Crippen molar-refractivity contribution in [1.29, 1.82) is 0 Å². The first-order chi connectivity index (χ1) is 11.9. The molecule has 0 aliphatic carbocycles. The van der Waals surface area contributed by atoms with Gasteiger partial charge in [0.15, 0.2) is 0 Å². The molecule has 5 nitrogen and oxygen atoms in total. The van der Waals surface area contributed by atoms with Crippen LogP contribution >= 0.6 is 23.2 Å². The number of rotatable bonds is 5. The van der Waals surface area contributed by atoms with Gasteiger partial charge in [0.25, 0.3) is 0 Å². The predicted molar refractivity (Wildman–Crippen MR) is 92.7 cm³/mol. The number of benzene rings is 2. The Morgan fingerprint density at radius 1 is 1.20 bits per heavy atom. The van der Waals surface area contributed by atoms with Gasteiger partial charge < -0.3 is 9.84 Å². The van der Waals surface area contributed by atoms with Gasteiger partial charge in [-0.3, -0.25) is 0 Å². The van der Waals surface area contributed by atoms with Crippen molar-refractivity contribution in [3.63, 3.8) is 0 Å². The second kappa shape index (κ2) is 7.00. The highest BCUT2D eigenvalue weighted by Gasteiger charge is 2.36. The summed E-state index contributed by atoms with van der Waals surface area (Å²) in [5, 5.41) is 15.0. The van der Waals surface area contributed by atoms with Crippen LogP contribution in [0.15, 0.2) is 55.1 Å². The minimum Gasteiger partial charge on any atom is -0.456 e. The molecule has 0 saturated heterocycles. The maximum absolute atomic E-state index is 14.8. The fourth-order valence-electron chi connectivity index (χ4n) is 2.27. The first kappa shape index (κ1) is 17.7. The Morgan fingerprint density at radius 2 is 1.92 bits per heavy atom. The van der Waals surface area contributed by atoms with E-state index in [-0.39, 0.29) is 0 Å². The third-order valence-electron chi connectivity index (χ3n) is 3.68. The number of halogens is 3. The summed E-state index contributed by atoms with van der Waals surface area (Å²) in [4.78, 5) is 3.70. The molecule has 0 saturated carbocycles. The summed E-state index contributed by atoms with van der Waals surface area (Å²) in [7, 11) is 0. The Hall–Kier alpha value is -2.15. The van der Waals surface area contributed by atoms with Gasteiger partial charge >= 0.3 is 0 Å². The summed E-state index contributed by atoms with van der Waals surface area (Å²) < 4.78 is 21.5. The standard InChI is InChI=1S/C17H14Cl2FN3O2/c1-17(20,23-10-21-9-22-23)16(24)11-2-5-13(6-3-11)25-15-7-4-12(18)8-14(15)19/h2-10,16,24H,1H3. The Balaban J connectivity index is 1.78. The van der Waals surface area contributed by atoms with Crippen LogP contribution in [0, 0.1) is 0 Å². The van der Waals surface area contributed by atoms with Crippen LogP contribution in [0.25, 0.3) is 0 Å². The zero-order valence-corrected chi connectivity index (χ0v) is 14.6. The number of aliphatic hydroxyl groups excluding tert-OH is 1. The van der Waals surface area contributed by atoms with Gasteiger partial charge in [-0.2, -0.15) is 5.10 Å². The molecule has 2 aromatic carbocycles. The third-order valence-corrected chi connectivity index (χ3v) is 4.21. The summed E-state index contributed by atoms with van der Waals surface area (Å²) in [6, 6.07) is 11.2. The van der Waals surface area contributed by atoms with Gasteiger partial charge in [0.05, 0.1) is 5.02 Å². The zero-order valence-electron chi connectivity index (χ0n) is 13.1. The van der Waals surface area contributed by atoms with Crippen LogP contribution in [-0.2, 0) is 5.79 Å². The molecule has 2 unspecified atom stereocenters. The second-order valence-corrected chi connectivity index (χ2v) is 6.36. The lowest BCUT2D eigenvalue weighted by Gasteiger charge is -2.26. The van der Waals surface area contributed by atoms with E-state index in [0.717, 1.165) is 4.68 Å². The normalized spacial score (nSPS) is 14.8. The van der Waals surface area contributed by atoms with E-state index in [9.17, 15) is 9.50 Å². The van der Waals surface area contributed by atoms with E-state index in [1.807, 2.05) is 0 Å². The average Bonchev–Trinajstić information content (AvgIpc) is 3.13. The van der Waals surface area contributed by atoms with Gasteiger partial charge in [-0.1, -0.05) is 35.3 Å². The van der Waals surface area contributed by atoms with Crippen molar-refractivity contribution in [2.24, 2.45) is 0 Å². The van der Waals surface area contributed by atoms with Crippen molar-refractivity contribution in [1.82, 2.24) is 14.8 Å². The number of aromatic nitrogens is 3.